The van der Waals surface area contributed by atoms with E-state index in [0.717, 1.165) is 31.8 Å². The summed E-state index contributed by atoms with van der Waals surface area (Å²) in [7, 11) is 1.64. The first kappa shape index (κ1) is 11.5. The number of hydrogen-bond acceptors (Lipinski definition) is 5. The van der Waals surface area contributed by atoms with Crippen molar-refractivity contribution in [2.75, 3.05) is 20.2 Å². The zero-order chi connectivity index (χ0) is 11.6. The molecule has 1 aliphatic heterocycles. The van der Waals surface area contributed by atoms with Crippen LogP contribution in [0.15, 0.2) is 4.52 Å². The Morgan fingerprint density at radius 1 is 1.56 bits per heavy atom. The lowest BCUT2D eigenvalue weighted by molar-refractivity contribution is 0.109. The van der Waals surface area contributed by atoms with Gasteiger partial charge in [0.15, 0.2) is 5.82 Å². The normalized spacial score (nSPS) is 27.9. The molecule has 0 amide bonds. The summed E-state index contributed by atoms with van der Waals surface area (Å²) in [6.07, 6.45) is 2.12. The van der Waals surface area contributed by atoms with E-state index in [2.05, 4.69) is 22.4 Å². The first-order valence-corrected chi connectivity index (χ1v) is 5.73. The Labute approximate surface area is 95.6 Å². The van der Waals surface area contributed by atoms with Crippen molar-refractivity contribution in [3.8, 4) is 0 Å². The molecule has 2 rings (SSSR count). The number of ether oxygens (including phenoxy) is 1. The van der Waals surface area contributed by atoms with Gasteiger partial charge < -0.3 is 14.6 Å². The van der Waals surface area contributed by atoms with Gasteiger partial charge in [-0.1, -0.05) is 5.16 Å². The molecule has 16 heavy (non-hydrogen) atoms. The molecule has 1 N–H and O–H groups in total. The first-order chi connectivity index (χ1) is 7.65. The van der Waals surface area contributed by atoms with Gasteiger partial charge in [0.05, 0.1) is 5.41 Å². The average molecular weight is 225 g/mol. The zero-order valence-electron chi connectivity index (χ0n) is 10.1. The minimum absolute atomic E-state index is 0.0308. The molecule has 0 radical (unpaired) electrons. The van der Waals surface area contributed by atoms with Crippen LogP contribution in [0.25, 0.3) is 0 Å². The van der Waals surface area contributed by atoms with E-state index in [-0.39, 0.29) is 11.5 Å². The molecule has 2 heterocycles. The Balaban J connectivity index is 2.17. The Hall–Kier alpha value is -0.940. The van der Waals surface area contributed by atoms with Crippen molar-refractivity contribution >= 4 is 0 Å². The number of aromatic nitrogens is 2. The number of nitrogens with zero attached hydrogens (tertiary/aromatic N) is 2. The summed E-state index contributed by atoms with van der Waals surface area (Å²) in [4.78, 5) is 4.43. The molecule has 5 heteroatoms. The fourth-order valence-corrected chi connectivity index (χ4v) is 1.99. The molecule has 0 saturated carbocycles. The fraction of sp³-hybridized carbons (Fsp3) is 0.818. The third kappa shape index (κ3) is 2.10. The lowest BCUT2D eigenvalue weighted by Crippen LogP contribution is -2.41. The molecule has 0 bridgehead atoms. The minimum Gasteiger partial charge on any atom is -0.374 e. The largest absolute Gasteiger partial charge is 0.374 e. The van der Waals surface area contributed by atoms with Crippen molar-refractivity contribution in [2.24, 2.45) is 0 Å². The van der Waals surface area contributed by atoms with Gasteiger partial charge in [0.1, 0.15) is 6.10 Å². The quantitative estimate of drug-likeness (QED) is 0.843. The maximum absolute atomic E-state index is 5.35. The van der Waals surface area contributed by atoms with Gasteiger partial charge in [-0.2, -0.15) is 4.98 Å². The highest BCUT2D eigenvalue weighted by Gasteiger charge is 2.34. The molecular weight excluding hydrogens is 206 g/mol. The summed E-state index contributed by atoms with van der Waals surface area (Å²) >= 11 is 0. The highest BCUT2D eigenvalue weighted by atomic mass is 16.5. The summed E-state index contributed by atoms with van der Waals surface area (Å²) in [6, 6.07) is 0. The molecular formula is C11H19N3O2. The molecule has 1 aromatic rings. The zero-order valence-corrected chi connectivity index (χ0v) is 10.1. The maximum Gasteiger partial charge on any atom is 0.233 e. The van der Waals surface area contributed by atoms with Crippen LogP contribution in [0.3, 0.4) is 0 Å². The number of hydrogen-bond donors (Lipinski definition) is 1. The van der Waals surface area contributed by atoms with E-state index < -0.39 is 0 Å². The average Bonchev–Trinajstić information content (AvgIpc) is 2.79. The molecule has 0 aromatic carbocycles. The number of methoxy groups -OCH3 is 1. The van der Waals surface area contributed by atoms with E-state index in [1.165, 1.54) is 0 Å². The predicted molar refractivity (Wildman–Crippen MR) is 59.2 cm³/mol. The van der Waals surface area contributed by atoms with E-state index in [4.69, 9.17) is 9.26 Å². The molecule has 0 aliphatic carbocycles. The summed E-state index contributed by atoms with van der Waals surface area (Å²) in [5.74, 6) is 1.35. The third-order valence-electron chi connectivity index (χ3n) is 3.27. The summed E-state index contributed by atoms with van der Waals surface area (Å²) < 4.78 is 10.5. The van der Waals surface area contributed by atoms with Crippen molar-refractivity contribution in [3.63, 3.8) is 0 Å². The maximum atomic E-state index is 5.35. The second kappa shape index (κ2) is 4.51. The smallest absolute Gasteiger partial charge is 0.233 e. The first-order valence-electron chi connectivity index (χ1n) is 5.73. The van der Waals surface area contributed by atoms with Gasteiger partial charge in [-0.15, -0.1) is 0 Å². The monoisotopic (exact) mass is 225 g/mol. The van der Waals surface area contributed by atoms with Crippen LogP contribution >= 0.6 is 0 Å². The predicted octanol–water partition coefficient (Wildman–Crippen LogP) is 1.42. The second-order valence-corrected chi connectivity index (χ2v) is 4.68. The number of nitrogens with one attached hydrogen (secondary N) is 1. The van der Waals surface area contributed by atoms with Gasteiger partial charge >= 0.3 is 0 Å². The third-order valence-corrected chi connectivity index (χ3v) is 3.27. The van der Waals surface area contributed by atoms with E-state index in [1.54, 1.807) is 7.11 Å². The minimum atomic E-state index is -0.113. The molecule has 2 atom stereocenters. The Morgan fingerprint density at radius 2 is 2.38 bits per heavy atom. The molecule has 1 fully saturated rings. The molecule has 90 valence electrons. The highest BCUT2D eigenvalue weighted by molar-refractivity contribution is 5.06. The van der Waals surface area contributed by atoms with Gasteiger partial charge in [0.25, 0.3) is 0 Å². The molecule has 1 aliphatic rings. The van der Waals surface area contributed by atoms with Crippen LogP contribution in [0.2, 0.25) is 0 Å². The Morgan fingerprint density at radius 3 is 3.00 bits per heavy atom. The standard InChI is InChI=1S/C11H19N3O2/c1-8(15-3)9-13-10(16-14-9)11(2)5-4-6-12-7-11/h8,12H,4-7H2,1-3H3. The molecule has 1 aromatic heterocycles. The van der Waals surface area contributed by atoms with Crippen molar-refractivity contribution in [2.45, 2.75) is 38.2 Å². The van der Waals surface area contributed by atoms with Crippen LogP contribution in [-0.4, -0.2) is 30.3 Å². The van der Waals surface area contributed by atoms with Gasteiger partial charge in [0.2, 0.25) is 5.89 Å². The van der Waals surface area contributed by atoms with Crippen LogP contribution in [-0.2, 0) is 10.2 Å². The Bertz CT molecular complexity index is 345. The van der Waals surface area contributed by atoms with Crippen molar-refractivity contribution in [3.05, 3.63) is 11.7 Å². The number of rotatable bonds is 3. The van der Waals surface area contributed by atoms with Gasteiger partial charge in [0, 0.05) is 13.7 Å². The Kier molecular flexibility index (Phi) is 3.25. The van der Waals surface area contributed by atoms with Crippen LogP contribution in [0.4, 0.5) is 0 Å². The summed E-state index contributed by atoms with van der Waals surface area (Å²) in [6.45, 7) is 6.05. The van der Waals surface area contributed by atoms with Crippen LogP contribution in [0, 0.1) is 0 Å². The molecule has 0 spiro atoms. The second-order valence-electron chi connectivity index (χ2n) is 4.68. The molecule has 1 saturated heterocycles. The summed E-state index contributed by atoms with van der Waals surface area (Å²) in [5.41, 5.74) is -0.0308. The van der Waals surface area contributed by atoms with Crippen molar-refractivity contribution in [1.29, 1.82) is 0 Å². The van der Waals surface area contributed by atoms with Crippen LogP contribution in [0.5, 0.6) is 0 Å². The highest BCUT2D eigenvalue weighted by Crippen LogP contribution is 2.30. The van der Waals surface area contributed by atoms with E-state index in [9.17, 15) is 0 Å². The van der Waals surface area contributed by atoms with Crippen LogP contribution < -0.4 is 5.32 Å². The lowest BCUT2D eigenvalue weighted by atomic mass is 9.83. The lowest BCUT2D eigenvalue weighted by Gasteiger charge is -2.30. The van der Waals surface area contributed by atoms with Gasteiger partial charge in [-0.05, 0) is 33.2 Å². The topological polar surface area (TPSA) is 60.2 Å². The number of piperidine rings is 1. The van der Waals surface area contributed by atoms with E-state index in [1.807, 2.05) is 6.92 Å². The SMILES string of the molecule is COC(C)c1noc(C2(C)CCCNC2)n1. The summed E-state index contributed by atoms with van der Waals surface area (Å²) in [5, 5.41) is 7.34. The van der Waals surface area contributed by atoms with E-state index in [0.29, 0.717) is 5.82 Å². The fourth-order valence-electron chi connectivity index (χ4n) is 1.99. The van der Waals surface area contributed by atoms with Crippen molar-refractivity contribution in [1.82, 2.24) is 15.5 Å². The van der Waals surface area contributed by atoms with E-state index >= 15 is 0 Å². The van der Waals surface area contributed by atoms with Crippen molar-refractivity contribution < 1.29 is 9.26 Å². The van der Waals surface area contributed by atoms with Gasteiger partial charge in [-0.3, -0.25) is 0 Å². The van der Waals surface area contributed by atoms with Gasteiger partial charge in [-0.25, -0.2) is 0 Å². The molecule has 5 nitrogen and oxygen atoms in total. The molecule has 2 unspecified atom stereocenters. The van der Waals surface area contributed by atoms with Crippen LogP contribution in [0.1, 0.15) is 44.5 Å².